The highest BCUT2D eigenvalue weighted by Crippen LogP contribution is 2.28. The van der Waals surface area contributed by atoms with Gasteiger partial charge in [-0.25, -0.2) is 14.4 Å². The Kier molecular flexibility index (Phi) is 5.04. The molecule has 3 rings (SSSR count). The Morgan fingerprint density at radius 2 is 2.12 bits per heavy atom. The Morgan fingerprint density at radius 3 is 2.84 bits per heavy atom. The summed E-state index contributed by atoms with van der Waals surface area (Å²) < 4.78 is 20.1. The van der Waals surface area contributed by atoms with Gasteiger partial charge in [0.25, 0.3) is 0 Å². The summed E-state index contributed by atoms with van der Waals surface area (Å²) in [5, 5.41) is 2.90. The number of benzene rings is 1. The van der Waals surface area contributed by atoms with E-state index in [0.717, 1.165) is 0 Å². The fourth-order valence-corrected chi connectivity index (χ4v) is 2.46. The van der Waals surface area contributed by atoms with Gasteiger partial charge in [0.15, 0.2) is 0 Å². The summed E-state index contributed by atoms with van der Waals surface area (Å²) in [7, 11) is 1.62. The SMILES string of the molecule is COC(C)CCC(=O)Nc1c(-c2ccc(F)cc2)nc2ncccn12. The smallest absolute Gasteiger partial charge is 0.235 e. The van der Waals surface area contributed by atoms with Gasteiger partial charge >= 0.3 is 0 Å². The Hall–Kier alpha value is -2.80. The van der Waals surface area contributed by atoms with Gasteiger partial charge in [-0.1, -0.05) is 0 Å². The molecule has 0 aliphatic rings. The normalized spacial score (nSPS) is 12.3. The zero-order valence-corrected chi connectivity index (χ0v) is 14.1. The molecule has 6 nitrogen and oxygen atoms in total. The molecule has 1 aromatic carbocycles. The van der Waals surface area contributed by atoms with Crippen molar-refractivity contribution in [3.8, 4) is 11.3 Å². The highest BCUT2D eigenvalue weighted by molar-refractivity contribution is 5.94. The van der Waals surface area contributed by atoms with E-state index >= 15 is 0 Å². The second-order valence-electron chi connectivity index (χ2n) is 5.74. The van der Waals surface area contributed by atoms with Crippen molar-refractivity contribution >= 4 is 17.5 Å². The van der Waals surface area contributed by atoms with E-state index < -0.39 is 0 Å². The number of hydrogen-bond donors (Lipinski definition) is 1. The number of ether oxygens (including phenoxy) is 1. The van der Waals surface area contributed by atoms with Gasteiger partial charge in [0.05, 0.1) is 6.10 Å². The third kappa shape index (κ3) is 3.83. The highest BCUT2D eigenvalue weighted by Gasteiger charge is 2.17. The van der Waals surface area contributed by atoms with E-state index in [1.165, 1.54) is 12.1 Å². The molecule has 1 amide bonds. The standard InChI is InChI=1S/C18H19FN4O2/c1-12(25-2)4-9-15(24)21-17-16(13-5-7-14(19)8-6-13)22-18-20-10-3-11-23(17)18/h3,5-8,10-12H,4,9H2,1-2H3,(H,21,24). The minimum Gasteiger partial charge on any atom is -0.382 e. The molecule has 2 aromatic heterocycles. The number of rotatable bonds is 6. The molecule has 0 bridgehead atoms. The fraction of sp³-hybridized carbons (Fsp3) is 0.278. The van der Waals surface area contributed by atoms with Crippen molar-refractivity contribution in [2.24, 2.45) is 0 Å². The van der Waals surface area contributed by atoms with Crippen molar-refractivity contribution in [3.63, 3.8) is 0 Å². The number of imidazole rings is 1. The van der Waals surface area contributed by atoms with E-state index in [2.05, 4.69) is 15.3 Å². The number of anilines is 1. The van der Waals surface area contributed by atoms with Crippen LogP contribution in [0.15, 0.2) is 42.7 Å². The van der Waals surface area contributed by atoms with Crippen molar-refractivity contribution in [1.82, 2.24) is 14.4 Å². The number of hydrogen-bond acceptors (Lipinski definition) is 4. The number of carbonyl (C=O) groups excluding carboxylic acids is 1. The van der Waals surface area contributed by atoms with Crippen LogP contribution >= 0.6 is 0 Å². The van der Waals surface area contributed by atoms with Crippen LogP contribution in [-0.4, -0.2) is 33.5 Å². The Bertz CT molecular complexity index is 876. The molecule has 0 saturated carbocycles. The summed E-state index contributed by atoms with van der Waals surface area (Å²) in [6.07, 6.45) is 4.35. The molecular formula is C18H19FN4O2. The van der Waals surface area contributed by atoms with Gasteiger partial charge in [-0.3, -0.25) is 9.20 Å². The summed E-state index contributed by atoms with van der Waals surface area (Å²) in [5.74, 6) is 0.509. The predicted octanol–water partition coefficient (Wildman–Crippen LogP) is 3.29. The first-order chi connectivity index (χ1) is 12.1. The molecule has 7 heteroatoms. The van der Waals surface area contributed by atoms with Crippen molar-refractivity contribution in [3.05, 3.63) is 48.5 Å². The summed E-state index contributed by atoms with van der Waals surface area (Å²) in [5.41, 5.74) is 1.25. The van der Waals surface area contributed by atoms with Crippen LogP contribution < -0.4 is 5.32 Å². The van der Waals surface area contributed by atoms with Gasteiger partial charge in [0, 0.05) is 31.5 Å². The number of carbonyl (C=O) groups is 1. The fourth-order valence-electron chi connectivity index (χ4n) is 2.46. The molecule has 0 fully saturated rings. The number of fused-ring (bicyclic) bond motifs is 1. The number of aromatic nitrogens is 3. The molecule has 1 atom stereocenters. The van der Waals surface area contributed by atoms with Crippen LogP contribution in [0.25, 0.3) is 17.0 Å². The minimum absolute atomic E-state index is 0.00571. The zero-order valence-electron chi connectivity index (χ0n) is 14.1. The number of halogens is 1. The Labute approximate surface area is 144 Å². The van der Waals surface area contributed by atoms with E-state index in [1.54, 1.807) is 42.1 Å². The first-order valence-corrected chi connectivity index (χ1v) is 8.00. The highest BCUT2D eigenvalue weighted by atomic mass is 19.1. The lowest BCUT2D eigenvalue weighted by atomic mass is 10.1. The van der Waals surface area contributed by atoms with E-state index in [1.807, 2.05) is 6.92 Å². The van der Waals surface area contributed by atoms with Crippen LogP contribution in [0.5, 0.6) is 0 Å². The molecule has 0 saturated heterocycles. The largest absolute Gasteiger partial charge is 0.382 e. The first kappa shape index (κ1) is 17.0. The van der Waals surface area contributed by atoms with E-state index in [4.69, 9.17) is 4.74 Å². The van der Waals surface area contributed by atoms with Gasteiger partial charge in [-0.15, -0.1) is 0 Å². The maximum atomic E-state index is 13.2. The summed E-state index contributed by atoms with van der Waals surface area (Å²) in [6.45, 7) is 1.91. The van der Waals surface area contributed by atoms with Crippen LogP contribution in [0.4, 0.5) is 10.2 Å². The second-order valence-corrected chi connectivity index (χ2v) is 5.74. The van der Waals surface area contributed by atoms with E-state index in [-0.39, 0.29) is 17.8 Å². The van der Waals surface area contributed by atoms with Crippen LogP contribution in [0.1, 0.15) is 19.8 Å². The van der Waals surface area contributed by atoms with E-state index in [0.29, 0.717) is 35.7 Å². The van der Waals surface area contributed by atoms with Crippen molar-refractivity contribution in [2.45, 2.75) is 25.9 Å². The third-order valence-electron chi connectivity index (χ3n) is 3.96. The topological polar surface area (TPSA) is 68.5 Å². The molecule has 2 heterocycles. The maximum Gasteiger partial charge on any atom is 0.235 e. The second kappa shape index (κ2) is 7.40. The summed E-state index contributed by atoms with van der Waals surface area (Å²) >= 11 is 0. The monoisotopic (exact) mass is 342 g/mol. The zero-order chi connectivity index (χ0) is 17.8. The molecule has 25 heavy (non-hydrogen) atoms. The van der Waals surface area contributed by atoms with Gasteiger partial charge in [0.2, 0.25) is 11.7 Å². The van der Waals surface area contributed by atoms with Crippen molar-refractivity contribution < 1.29 is 13.9 Å². The quantitative estimate of drug-likeness (QED) is 0.746. The first-order valence-electron chi connectivity index (χ1n) is 8.00. The van der Waals surface area contributed by atoms with Crippen molar-refractivity contribution in [1.29, 1.82) is 0 Å². The van der Waals surface area contributed by atoms with Gasteiger partial charge < -0.3 is 10.1 Å². The molecule has 1 unspecified atom stereocenters. The predicted molar refractivity (Wildman–Crippen MR) is 92.7 cm³/mol. The van der Waals surface area contributed by atoms with E-state index in [9.17, 15) is 9.18 Å². The van der Waals surface area contributed by atoms with Crippen LogP contribution in [0, 0.1) is 5.82 Å². The molecular weight excluding hydrogens is 323 g/mol. The average Bonchev–Trinajstić information content (AvgIpc) is 2.99. The van der Waals surface area contributed by atoms with Crippen LogP contribution in [0.3, 0.4) is 0 Å². The van der Waals surface area contributed by atoms with Gasteiger partial charge in [-0.05, 0) is 43.7 Å². The number of amides is 1. The molecule has 0 spiro atoms. The molecule has 0 aliphatic heterocycles. The van der Waals surface area contributed by atoms with Crippen molar-refractivity contribution in [2.75, 3.05) is 12.4 Å². The Morgan fingerprint density at radius 1 is 1.36 bits per heavy atom. The van der Waals surface area contributed by atoms with Crippen LogP contribution in [-0.2, 0) is 9.53 Å². The lowest BCUT2D eigenvalue weighted by Gasteiger charge is -2.10. The molecule has 130 valence electrons. The summed E-state index contributed by atoms with van der Waals surface area (Å²) in [6, 6.07) is 7.72. The molecule has 0 radical (unpaired) electrons. The lowest BCUT2D eigenvalue weighted by molar-refractivity contribution is -0.116. The third-order valence-corrected chi connectivity index (χ3v) is 3.96. The number of methoxy groups -OCH3 is 1. The minimum atomic E-state index is -0.329. The van der Waals surface area contributed by atoms with Gasteiger partial charge in [-0.2, -0.15) is 0 Å². The number of nitrogens with zero attached hydrogens (tertiary/aromatic N) is 3. The summed E-state index contributed by atoms with van der Waals surface area (Å²) in [4.78, 5) is 21.0. The Balaban J connectivity index is 1.93. The lowest BCUT2D eigenvalue weighted by Crippen LogP contribution is -2.16. The van der Waals surface area contributed by atoms with Crippen LogP contribution in [0.2, 0.25) is 0 Å². The molecule has 3 aromatic rings. The average molecular weight is 342 g/mol. The number of nitrogens with one attached hydrogen (secondary N) is 1. The maximum absolute atomic E-state index is 13.2. The molecule has 1 N–H and O–H groups in total. The molecule has 0 aliphatic carbocycles. The van der Waals surface area contributed by atoms with Gasteiger partial charge in [0.1, 0.15) is 17.3 Å².